The Morgan fingerprint density at radius 1 is 1.11 bits per heavy atom. The number of hydrogen-bond donors (Lipinski definition) is 0. The van der Waals surface area contributed by atoms with Crippen LogP contribution in [-0.4, -0.2) is 11.6 Å². The number of carbonyl (C=O) groups excluding carboxylic acids is 2. The minimum atomic E-state index is -0.141. The van der Waals surface area contributed by atoms with Gasteiger partial charge < -0.3 is 9.59 Å². The van der Waals surface area contributed by atoms with E-state index in [4.69, 9.17) is 0 Å². The molecule has 0 saturated heterocycles. The molecule has 0 heterocycles. The first-order valence-electron chi connectivity index (χ1n) is 2.41. The molecule has 0 amide bonds. The molecule has 0 rings (SSSR count). The third-order valence-electron chi connectivity index (χ3n) is 1.06. The average Bonchev–Trinajstić information content (AvgIpc) is 1.64. The molecular formula is C6H9NaO2. The maximum atomic E-state index is 10.3. The van der Waals surface area contributed by atoms with Gasteiger partial charge in [0.25, 0.3) is 0 Å². The molecule has 0 saturated carbocycles. The van der Waals surface area contributed by atoms with E-state index in [2.05, 4.69) is 0 Å². The standard InChI is InChI=1S/C6H9O2.Na/c1-4(5(2)7)6(3)8;/h1-3H3;/q-1;+1. The molecule has 0 unspecified atom stereocenters. The van der Waals surface area contributed by atoms with Gasteiger partial charge in [-0.3, -0.25) is 5.92 Å². The van der Waals surface area contributed by atoms with Crippen LogP contribution in [0.2, 0.25) is 0 Å². The summed E-state index contributed by atoms with van der Waals surface area (Å²) in [6, 6.07) is 0. The zero-order valence-corrected chi connectivity index (χ0v) is 8.32. The minimum absolute atomic E-state index is 0. The molecule has 0 aromatic rings. The first-order valence-corrected chi connectivity index (χ1v) is 2.41. The molecule has 2 nitrogen and oxygen atoms in total. The molecule has 0 N–H and O–H groups in total. The molecule has 46 valence electrons. The maximum absolute atomic E-state index is 10.3. The van der Waals surface area contributed by atoms with Crippen molar-refractivity contribution in [3.05, 3.63) is 5.92 Å². The zero-order chi connectivity index (χ0) is 6.73. The normalized spacial score (nSPS) is 7.44. The van der Waals surface area contributed by atoms with Crippen LogP contribution < -0.4 is 29.6 Å². The summed E-state index contributed by atoms with van der Waals surface area (Å²) in [6.45, 7) is 4.30. The van der Waals surface area contributed by atoms with Crippen LogP contribution >= 0.6 is 0 Å². The Labute approximate surface area is 77.3 Å². The Hall–Kier alpha value is 0.210. The minimum Gasteiger partial charge on any atom is -0.334 e. The van der Waals surface area contributed by atoms with Gasteiger partial charge in [-0.1, -0.05) is 0 Å². The summed E-state index contributed by atoms with van der Waals surface area (Å²) < 4.78 is 0. The molecule has 0 fully saturated rings. The molecule has 0 aromatic carbocycles. The molecule has 0 aliphatic carbocycles. The topological polar surface area (TPSA) is 34.1 Å². The van der Waals surface area contributed by atoms with Crippen molar-refractivity contribution in [3.63, 3.8) is 0 Å². The number of Topliss-reactive ketones (excluding diaryl/α,β-unsaturated/α-hetero) is 2. The van der Waals surface area contributed by atoms with E-state index in [0.717, 1.165) is 0 Å². The van der Waals surface area contributed by atoms with Gasteiger partial charge in [0.1, 0.15) is 0 Å². The quantitative estimate of drug-likeness (QED) is 0.244. The predicted octanol–water partition coefficient (Wildman–Crippen LogP) is -2.24. The second-order valence-electron chi connectivity index (χ2n) is 1.74. The second-order valence-corrected chi connectivity index (χ2v) is 1.74. The fraction of sp³-hybridized carbons (Fsp3) is 0.500. The van der Waals surface area contributed by atoms with Crippen molar-refractivity contribution in [1.29, 1.82) is 0 Å². The average molecular weight is 136 g/mol. The van der Waals surface area contributed by atoms with Crippen molar-refractivity contribution in [2.75, 3.05) is 0 Å². The van der Waals surface area contributed by atoms with Crippen molar-refractivity contribution in [2.45, 2.75) is 20.8 Å². The van der Waals surface area contributed by atoms with Crippen LogP contribution in [-0.2, 0) is 9.59 Å². The van der Waals surface area contributed by atoms with Crippen molar-refractivity contribution in [1.82, 2.24) is 0 Å². The smallest absolute Gasteiger partial charge is 0.334 e. The third-order valence-corrected chi connectivity index (χ3v) is 1.06. The first kappa shape index (κ1) is 11.9. The molecule has 0 aliphatic heterocycles. The van der Waals surface area contributed by atoms with E-state index < -0.39 is 0 Å². The van der Waals surface area contributed by atoms with Gasteiger partial charge in [-0.15, -0.1) is 0 Å². The van der Waals surface area contributed by atoms with Crippen molar-refractivity contribution < 1.29 is 39.1 Å². The number of rotatable bonds is 2. The van der Waals surface area contributed by atoms with Gasteiger partial charge in [-0.05, 0) is 13.8 Å². The van der Waals surface area contributed by atoms with Crippen molar-refractivity contribution >= 4 is 11.6 Å². The Kier molecular flexibility index (Phi) is 6.68. The number of carbonyl (C=O) groups is 2. The predicted molar refractivity (Wildman–Crippen MR) is 30.3 cm³/mol. The van der Waals surface area contributed by atoms with E-state index in [1.54, 1.807) is 0 Å². The van der Waals surface area contributed by atoms with Gasteiger partial charge in [-0.25, -0.2) is 0 Å². The van der Waals surface area contributed by atoms with Crippen LogP contribution in [0.3, 0.4) is 0 Å². The molecule has 0 radical (unpaired) electrons. The van der Waals surface area contributed by atoms with E-state index in [0.29, 0.717) is 5.92 Å². The molecular weight excluding hydrogens is 127 g/mol. The Morgan fingerprint density at radius 2 is 1.33 bits per heavy atom. The summed E-state index contributed by atoms with van der Waals surface area (Å²) in [5.74, 6) is 0.0417. The molecule has 0 aromatic heterocycles. The summed E-state index contributed by atoms with van der Waals surface area (Å²) in [7, 11) is 0. The molecule has 0 aliphatic rings. The van der Waals surface area contributed by atoms with E-state index in [9.17, 15) is 9.59 Å². The van der Waals surface area contributed by atoms with Gasteiger partial charge in [0.05, 0.1) is 0 Å². The summed E-state index contributed by atoms with van der Waals surface area (Å²) in [5, 5.41) is 0. The van der Waals surface area contributed by atoms with Crippen LogP contribution in [0.1, 0.15) is 20.8 Å². The van der Waals surface area contributed by atoms with Gasteiger partial charge in [0.2, 0.25) is 0 Å². The van der Waals surface area contributed by atoms with Gasteiger partial charge in [0, 0.05) is 11.6 Å². The first-order chi connectivity index (χ1) is 3.55. The monoisotopic (exact) mass is 136 g/mol. The summed E-state index contributed by atoms with van der Waals surface area (Å²) >= 11 is 0. The summed E-state index contributed by atoms with van der Waals surface area (Å²) in [4.78, 5) is 20.7. The summed E-state index contributed by atoms with van der Waals surface area (Å²) in [6.07, 6.45) is 0. The molecule has 0 spiro atoms. The van der Waals surface area contributed by atoms with Crippen LogP contribution in [0.4, 0.5) is 0 Å². The zero-order valence-electron chi connectivity index (χ0n) is 6.32. The van der Waals surface area contributed by atoms with Crippen molar-refractivity contribution in [2.24, 2.45) is 0 Å². The van der Waals surface area contributed by atoms with Crippen LogP contribution in [0.25, 0.3) is 0 Å². The second kappa shape index (κ2) is 5.03. The summed E-state index contributed by atoms with van der Waals surface area (Å²) in [5.41, 5.74) is 0. The Bertz CT molecular complexity index is 106. The van der Waals surface area contributed by atoms with Crippen molar-refractivity contribution in [3.8, 4) is 0 Å². The third kappa shape index (κ3) is 4.70. The van der Waals surface area contributed by atoms with E-state index in [1.165, 1.54) is 20.8 Å². The van der Waals surface area contributed by atoms with E-state index in [-0.39, 0.29) is 41.1 Å². The fourth-order valence-electron chi connectivity index (χ4n) is 0.248. The molecule has 0 bridgehead atoms. The van der Waals surface area contributed by atoms with Crippen LogP contribution in [0.5, 0.6) is 0 Å². The van der Waals surface area contributed by atoms with E-state index >= 15 is 0 Å². The Balaban J connectivity index is 0. The van der Waals surface area contributed by atoms with Crippen LogP contribution in [0.15, 0.2) is 0 Å². The Morgan fingerprint density at radius 3 is 1.33 bits per heavy atom. The van der Waals surface area contributed by atoms with Gasteiger partial charge in [-0.2, -0.15) is 6.92 Å². The van der Waals surface area contributed by atoms with Gasteiger partial charge in [0.15, 0.2) is 0 Å². The fourth-order valence-corrected chi connectivity index (χ4v) is 0.248. The van der Waals surface area contributed by atoms with Crippen LogP contribution in [0, 0.1) is 5.92 Å². The largest absolute Gasteiger partial charge is 1.00 e. The number of hydrogen-bond acceptors (Lipinski definition) is 2. The molecule has 0 atom stereocenters. The molecule has 3 heteroatoms. The molecule has 9 heavy (non-hydrogen) atoms. The van der Waals surface area contributed by atoms with E-state index in [1.807, 2.05) is 0 Å². The maximum Gasteiger partial charge on any atom is 1.00 e. The number of ketones is 2. The van der Waals surface area contributed by atoms with Gasteiger partial charge >= 0.3 is 29.6 Å². The SMILES string of the molecule is CC(=O)[C-](C)C(C)=O.[Na+].